The summed E-state index contributed by atoms with van der Waals surface area (Å²) < 4.78 is 40.4. The van der Waals surface area contributed by atoms with Crippen LogP contribution in [0.4, 0.5) is 8.78 Å². The number of aromatic hydroxyl groups is 1. The highest BCUT2D eigenvalue weighted by atomic mass is 19.1. The fourth-order valence-electron chi connectivity index (χ4n) is 3.27. The number of benzene rings is 1. The van der Waals surface area contributed by atoms with E-state index >= 15 is 0 Å². The molecular formula is C21H19F2N5O3. The fourth-order valence-corrected chi connectivity index (χ4v) is 3.27. The minimum absolute atomic E-state index is 0.00442. The predicted octanol–water partition coefficient (Wildman–Crippen LogP) is 3.22. The van der Waals surface area contributed by atoms with Crippen molar-refractivity contribution >= 4 is 5.65 Å². The van der Waals surface area contributed by atoms with Gasteiger partial charge in [-0.2, -0.15) is 4.98 Å². The van der Waals surface area contributed by atoms with Crippen molar-refractivity contribution in [3.63, 3.8) is 0 Å². The van der Waals surface area contributed by atoms with E-state index in [1.54, 1.807) is 23.0 Å². The molecule has 3 aromatic heterocycles. The lowest BCUT2D eigenvalue weighted by Gasteiger charge is -2.12. The molecule has 0 radical (unpaired) electrons. The third-order valence-corrected chi connectivity index (χ3v) is 4.76. The number of imidazole rings is 1. The van der Waals surface area contributed by atoms with E-state index in [0.717, 1.165) is 12.1 Å². The number of aromatic nitrogens is 5. The smallest absolute Gasteiger partial charge is 0.258 e. The van der Waals surface area contributed by atoms with Crippen molar-refractivity contribution in [2.24, 2.45) is 0 Å². The number of halogens is 2. The van der Waals surface area contributed by atoms with Crippen molar-refractivity contribution in [3.8, 4) is 23.1 Å². The number of nitrogens with zero attached hydrogens (tertiary/aromatic N) is 5. The number of hydrogen-bond acceptors (Lipinski definition) is 7. The highest BCUT2D eigenvalue weighted by Gasteiger charge is 2.19. The number of ether oxygens (including phenoxy) is 2. The van der Waals surface area contributed by atoms with Gasteiger partial charge in [0.25, 0.3) is 5.88 Å². The van der Waals surface area contributed by atoms with Crippen molar-refractivity contribution in [1.29, 1.82) is 0 Å². The second kappa shape index (κ2) is 8.23. The maximum absolute atomic E-state index is 14.4. The van der Waals surface area contributed by atoms with Gasteiger partial charge in [0.2, 0.25) is 5.75 Å². The summed E-state index contributed by atoms with van der Waals surface area (Å²) in [5, 5.41) is 10.3. The van der Waals surface area contributed by atoms with Crippen molar-refractivity contribution < 1.29 is 23.4 Å². The maximum Gasteiger partial charge on any atom is 0.258 e. The molecule has 1 aromatic carbocycles. The number of hydrogen-bond donors (Lipinski definition) is 1. The molecule has 1 N–H and O–H groups in total. The van der Waals surface area contributed by atoms with Crippen LogP contribution >= 0.6 is 0 Å². The van der Waals surface area contributed by atoms with E-state index in [4.69, 9.17) is 9.47 Å². The van der Waals surface area contributed by atoms with Gasteiger partial charge in [0.15, 0.2) is 11.5 Å². The van der Waals surface area contributed by atoms with E-state index in [2.05, 4.69) is 19.9 Å². The number of fused-ring (bicyclic) bond motifs is 1. The molecule has 0 aliphatic heterocycles. The van der Waals surface area contributed by atoms with Gasteiger partial charge in [-0.1, -0.05) is 0 Å². The number of aryl methyl sites for hydroxylation is 1. The summed E-state index contributed by atoms with van der Waals surface area (Å²) >= 11 is 0. The Labute approximate surface area is 176 Å². The number of rotatable bonds is 6. The van der Waals surface area contributed by atoms with Gasteiger partial charge in [-0.15, -0.1) is 0 Å². The summed E-state index contributed by atoms with van der Waals surface area (Å²) in [6.45, 7) is 1.58. The summed E-state index contributed by atoms with van der Waals surface area (Å²) in [4.78, 5) is 17.3. The molecule has 8 nitrogen and oxygen atoms in total. The second-order valence-corrected chi connectivity index (χ2v) is 6.88. The van der Waals surface area contributed by atoms with Gasteiger partial charge >= 0.3 is 0 Å². The Balaban J connectivity index is 1.84. The van der Waals surface area contributed by atoms with E-state index in [-0.39, 0.29) is 41.6 Å². The first-order valence-electron chi connectivity index (χ1n) is 9.31. The van der Waals surface area contributed by atoms with Crippen LogP contribution in [0.2, 0.25) is 0 Å². The molecule has 0 aliphatic rings. The molecule has 3 heterocycles. The van der Waals surface area contributed by atoms with E-state index in [1.165, 1.54) is 21.1 Å². The zero-order valence-corrected chi connectivity index (χ0v) is 17.1. The van der Waals surface area contributed by atoms with Crippen LogP contribution in [0.3, 0.4) is 0 Å². The zero-order chi connectivity index (χ0) is 22.1. The normalized spacial score (nSPS) is 11.3. The molecule has 0 saturated heterocycles. The van der Waals surface area contributed by atoms with Gasteiger partial charge in [0, 0.05) is 32.1 Å². The van der Waals surface area contributed by atoms with Crippen LogP contribution < -0.4 is 4.74 Å². The third-order valence-electron chi connectivity index (χ3n) is 4.76. The van der Waals surface area contributed by atoms with Gasteiger partial charge in [0.1, 0.15) is 23.0 Å². The minimum Gasteiger partial charge on any atom is -0.491 e. The van der Waals surface area contributed by atoms with E-state index in [0.29, 0.717) is 22.7 Å². The molecule has 0 fully saturated rings. The minimum atomic E-state index is -0.531. The molecule has 31 heavy (non-hydrogen) atoms. The predicted molar refractivity (Wildman–Crippen MR) is 107 cm³/mol. The number of methoxy groups -OCH3 is 2. The Hall–Kier alpha value is -3.66. The quantitative estimate of drug-likeness (QED) is 0.505. The largest absolute Gasteiger partial charge is 0.491 e. The molecule has 0 bridgehead atoms. The zero-order valence-electron chi connectivity index (χ0n) is 17.1. The average Bonchev–Trinajstić information content (AvgIpc) is 3.21. The SMILES string of the molecule is COCc1nc(-c2cn3ccnc3c(Cc3cc(F)c(C)cc3F)n2)nc(O)c1OC. The molecule has 0 spiro atoms. The van der Waals surface area contributed by atoms with Crippen molar-refractivity contribution in [1.82, 2.24) is 24.3 Å². The van der Waals surface area contributed by atoms with Gasteiger partial charge in [-0.25, -0.2) is 23.7 Å². The maximum atomic E-state index is 14.4. The van der Waals surface area contributed by atoms with Crippen molar-refractivity contribution in [2.45, 2.75) is 20.0 Å². The van der Waals surface area contributed by atoms with E-state index in [1.807, 2.05) is 0 Å². The molecule has 0 unspecified atom stereocenters. The highest BCUT2D eigenvalue weighted by molar-refractivity contribution is 5.57. The molecule has 0 amide bonds. The summed E-state index contributed by atoms with van der Waals surface area (Å²) in [5.41, 5.74) is 1.91. The molecule has 4 rings (SSSR count). The monoisotopic (exact) mass is 427 g/mol. The first kappa shape index (κ1) is 20.6. The lowest BCUT2D eigenvalue weighted by atomic mass is 10.1. The van der Waals surface area contributed by atoms with Crippen LogP contribution in [0.25, 0.3) is 17.2 Å². The first-order chi connectivity index (χ1) is 14.9. The highest BCUT2D eigenvalue weighted by Crippen LogP contribution is 2.30. The van der Waals surface area contributed by atoms with Crippen molar-refractivity contribution in [2.75, 3.05) is 14.2 Å². The summed E-state index contributed by atoms with van der Waals surface area (Å²) in [6, 6.07) is 2.31. The molecule has 160 valence electrons. The molecule has 10 heteroatoms. The van der Waals surface area contributed by atoms with Crippen LogP contribution in [0.1, 0.15) is 22.5 Å². The topological polar surface area (TPSA) is 94.7 Å². The van der Waals surface area contributed by atoms with Crippen LogP contribution in [0, 0.1) is 18.6 Å². The summed E-state index contributed by atoms with van der Waals surface area (Å²) in [6.07, 6.45) is 4.90. The Morgan fingerprint density at radius 3 is 2.61 bits per heavy atom. The van der Waals surface area contributed by atoms with Crippen LogP contribution in [0.15, 0.2) is 30.7 Å². The first-order valence-corrected chi connectivity index (χ1v) is 9.31. The third kappa shape index (κ3) is 3.89. The molecular weight excluding hydrogens is 408 g/mol. The van der Waals surface area contributed by atoms with Gasteiger partial charge < -0.3 is 19.0 Å². The van der Waals surface area contributed by atoms with Gasteiger partial charge in [-0.05, 0) is 30.2 Å². The average molecular weight is 427 g/mol. The van der Waals surface area contributed by atoms with E-state index < -0.39 is 11.6 Å². The second-order valence-electron chi connectivity index (χ2n) is 6.88. The summed E-state index contributed by atoms with van der Waals surface area (Å²) in [5.74, 6) is -1.17. The van der Waals surface area contributed by atoms with Crippen LogP contribution in [-0.2, 0) is 17.8 Å². The lowest BCUT2D eigenvalue weighted by molar-refractivity contribution is 0.176. The molecule has 4 aromatic rings. The Morgan fingerprint density at radius 2 is 1.87 bits per heavy atom. The Morgan fingerprint density at radius 1 is 1.06 bits per heavy atom. The molecule has 0 aliphatic carbocycles. The van der Waals surface area contributed by atoms with E-state index in [9.17, 15) is 13.9 Å². The van der Waals surface area contributed by atoms with Crippen LogP contribution in [-0.4, -0.2) is 43.7 Å². The Bertz CT molecular complexity index is 1280. The molecule has 0 atom stereocenters. The van der Waals surface area contributed by atoms with Gasteiger partial charge in [0.05, 0.1) is 19.4 Å². The van der Waals surface area contributed by atoms with Gasteiger partial charge in [-0.3, -0.25) is 0 Å². The van der Waals surface area contributed by atoms with Crippen molar-refractivity contribution in [3.05, 3.63) is 64.9 Å². The Kier molecular flexibility index (Phi) is 5.47. The van der Waals surface area contributed by atoms with Crippen LogP contribution in [0.5, 0.6) is 11.6 Å². The molecule has 0 saturated carbocycles. The summed E-state index contributed by atoms with van der Waals surface area (Å²) in [7, 11) is 2.88. The lowest BCUT2D eigenvalue weighted by Crippen LogP contribution is -2.06. The fraction of sp³-hybridized carbons (Fsp3) is 0.238. The standard InChI is InChI=1S/C21H19F2N5O3/c1-11-6-14(23)12(7-13(11)22)8-15-20-24-4-5-28(20)9-16(25-15)19-26-17(10-30-2)18(31-3)21(29)27-19/h4-7,9H,8,10H2,1-3H3,(H,26,27,29).